The largest absolute Gasteiger partial charge is 0.305 e. The van der Waals surface area contributed by atoms with Crippen molar-refractivity contribution in [2.24, 2.45) is 7.05 Å². The van der Waals surface area contributed by atoms with Crippen LogP contribution in [0.25, 0.3) is 0 Å². The molecule has 0 fully saturated rings. The van der Waals surface area contributed by atoms with Crippen LogP contribution in [0.15, 0.2) is 28.9 Å². The highest BCUT2D eigenvalue weighted by atomic mass is 127. The van der Waals surface area contributed by atoms with Gasteiger partial charge in [0, 0.05) is 10.6 Å². The Bertz CT molecular complexity index is 566. The summed E-state index contributed by atoms with van der Waals surface area (Å²) in [5.74, 6) is -0.215. The van der Waals surface area contributed by atoms with Gasteiger partial charge in [0.1, 0.15) is 5.82 Å². The molecule has 102 valence electrons. The first-order valence-corrected chi connectivity index (χ1v) is 7.77. The Morgan fingerprint density at radius 2 is 2.26 bits per heavy atom. The van der Waals surface area contributed by atoms with Crippen molar-refractivity contribution in [3.8, 4) is 0 Å². The van der Waals surface area contributed by atoms with E-state index in [1.54, 1.807) is 12.3 Å². The van der Waals surface area contributed by atoms with Gasteiger partial charge in [0.25, 0.3) is 0 Å². The monoisotopic (exact) mass is 437 g/mol. The Labute approximate surface area is 133 Å². The maximum absolute atomic E-state index is 13.2. The van der Waals surface area contributed by atoms with Gasteiger partial charge in [0.15, 0.2) is 0 Å². The number of halogens is 3. The average Bonchev–Trinajstić information content (AvgIpc) is 2.67. The number of rotatable bonds is 4. The smallest absolute Gasteiger partial charge is 0.124 e. The van der Waals surface area contributed by atoms with Gasteiger partial charge < -0.3 is 5.32 Å². The summed E-state index contributed by atoms with van der Waals surface area (Å²) < 4.78 is 16.9. The molecule has 0 bridgehead atoms. The standard InChI is InChI=1S/C13H14BrFIN3/c1-3-17-12(13-10(14)7-18-19(13)2)9-5-4-8(15)6-11(9)16/h4-7,12,17H,3H2,1-2H3. The lowest BCUT2D eigenvalue weighted by atomic mass is 10.0. The van der Waals surface area contributed by atoms with E-state index in [9.17, 15) is 4.39 Å². The molecule has 0 radical (unpaired) electrons. The van der Waals surface area contributed by atoms with Crippen LogP contribution in [0.3, 0.4) is 0 Å². The van der Waals surface area contributed by atoms with Crippen molar-refractivity contribution in [2.45, 2.75) is 13.0 Å². The van der Waals surface area contributed by atoms with E-state index in [0.717, 1.165) is 25.8 Å². The lowest BCUT2D eigenvalue weighted by Gasteiger charge is -2.20. The minimum atomic E-state index is -0.215. The number of aryl methyl sites for hydroxylation is 1. The second-order valence-electron chi connectivity index (χ2n) is 4.16. The highest BCUT2D eigenvalue weighted by Crippen LogP contribution is 2.31. The molecule has 0 amide bonds. The van der Waals surface area contributed by atoms with E-state index in [4.69, 9.17) is 0 Å². The average molecular weight is 438 g/mol. The molecule has 0 saturated carbocycles. The van der Waals surface area contributed by atoms with Crippen molar-refractivity contribution in [2.75, 3.05) is 6.54 Å². The fraction of sp³-hybridized carbons (Fsp3) is 0.308. The Balaban J connectivity index is 2.51. The van der Waals surface area contributed by atoms with Gasteiger partial charge in [-0.05, 0) is 62.8 Å². The number of hydrogen-bond donors (Lipinski definition) is 1. The molecule has 1 aromatic carbocycles. The van der Waals surface area contributed by atoms with Crippen LogP contribution in [0.2, 0.25) is 0 Å². The van der Waals surface area contributed by atoms with Crippen LogP contribution in [0.1, 0.15) is 24.2 Å². The third-order valence-electron chi connectivity index (χ3n) is 2.89. The van der Waals surface area contributed by atoms with Gasteiger partial charge in [-0.15, -0.1) is 0 Å². The van der Waals surface area contributed by atoms with Crippen LogP contribution in [-0.4, -0.2) is 16.3 Å². The van der Waals surface area contributed by atoms with E-state index in [-0.39, 0.29) is 11.9 Å². The molecule has 0 aliphatic heterocycles. The van der Waals surface area contributed by atoms with E-state index in [1.807, 2.05) is 24.7 Å². The van der Waals surface area contributed by atoms with Crippen molar-refractivity contribution in [3.63, 3.8) is 0 Å². The Kier molecular flexibility index (Phi) is 4.97. The van der Waals surface area contributed by atoms with E-state index >= 15 is 0 Å². The minimum Gasteiger partial charge on any atom is -0.305 e. The first-order chi connectivity index (χ1) is 9.04. The molecule has 2 aromatic rings. The first-order valence-electron chi connectivity index (χ1n) is 5.90. The van der Waals surface area contributed by atoms with Crippen molar-refractivity contribution in [1.82, 2.24) is 15.1 Å². The molecule has 1 atom stereocenters. The Morgan fingerprint density at radius 3 is 2.79 bits per heavy atom. The van der Waals surface area contributed by atoms with E-state index < -0.39 is 0 Å². The van der Waals surface area contributed by atoms with E-state index in [0.29, 0.717) is 0 Å². The number of hydrogen-bond acceptors (Lipinski definition) is 2. The molecule has 1 N–H and O–H groups in total. The molecule has 1 unspecified atom stereocenters. The lowest BCUT2D eigenvalue weighted by molar-refractivity contribution is 0.566. The van der Waals surface area contributed by atoms with Crippen molar-refractivity contribution in [3.05, 3.63) is 49.5 Å². The summed E-state index contributed by atoms with van der Waals surface area (Å²) in [5.41, 5.74) is 2.08. The van der Waals surface area contributed by atoms with E-state index in [2.05, 4.69) is 48.9 Å². The second kappa shape index (κ2) is 6.32. The van der Waals surface area contributed by atoms with E-state index in [1.165, 1.54) is 6.07 Å². The van der Waals surface area contributed by atoms with Crippen LogP contribution in [0.5, 0.6) is 0 Å². The SMILES string of the molecule is CCNC(c1ccc(F)cc1I)c1c(Br)cnn1C. The summed E-state index contributed by atoms with van der Waals surface area (Å²) in [6.45, 7) is 2.86. The number of benzene rings is 1. The Morgan fingerprint density at radius 1 is 1.53 bits per heavy atom. The zero-order valence-corrected chi connectivity index (χ0v) is 14.4. The molecule has 19 heavy (non-hydrogen) atoms. The predicted octanol–water partition coefficient (Wildman–Crippen LogP) is 3.63. The molecule has 0 aliphatic carbocycles. The topological polar surface area (TPSA) is 29.9 Å². The first kappa shape index (κ1) is 14.9. The van der Waals surface area contributed by atoms with Gasteiger partial charge in [0.05, 0.1) is 22.4 Å². The summed E-state index contributed by atoms with van der Waals surface area (Å²) in [5, 5.41) is 7.67. The molecular formula is C13H14BrFIN3. The summed E-state index contributed by atoms with van der Waals surface area (Å²) in [6, 6.07) is 4.85. The van der Waals surface area contributed by atoms with Crippen molar-refractivity contribution >= 4 is 38.5 Å². The van der Waals surface area contributed by atoms with Gasteiger partial charge in [-0.25, -0.2) is 4.39 Å². The normalized spacial score (nSPS) is 12.7. The Hall–Kier alpha value is -0.470. The fourth-order valence-electron chi connectivity index (χ4n) is 2.04. The molecule has 1 aromatic heterocycles. The molecule has 0 spiro atoms. The van der Waals surface area contributed by atoms with Crippen LogP contribution in [-0.2, 0) is 7.05 Å². The molecule has 0 saturated heterocycles. The fourth-order valence-corrected chi connectivity index (χ4v) is 3.40. The predicted molar refractivity (Wildman–Crippen MR) is 85.5 cm³/mol. The van der Waals surface area contributed by atoms with Crippen LogP contribution >= 0.6 is 38.5 Å². The van der Waals surface area contributed by atoms with Crippen molar-refractivity contribution in [1.29, 1.82) is 0 Å². The van der Waals surface area contributed by atoms with Crippen LogP contribution in [0.4, 0.5) is 4.39 Å². The molecule has 6 heteroatoms. The summed E-state index contributed by atoms with van der Waals surface area (Å²) in [4.78, 5) is 0. The quantitative estimate of drug-likeness (QED) is 0.740. The zero-order chi connectivity index (χ0) is 14.0. The van der Waals surface area contributed by atoms with Crippen LogP contribution < -0.4 is 5.32 Å². The van der Waals surface area contributed by atoms with Gasteiger partial charge >= 0.3 is 0 Å². The number of nitrogens with zero attached hydrogens (tertiary/aromatic N) is 2. The molecular weight excluding hydrogens is 424 g/mol. The molecule has 0 aliphatic rings. The summed E-state index contributed by atoms with van der Waals surface area (Å²) in [7, 11) is 1.90. The van der Waals surface area contributed by atoms with Crippen LogP contribution in [0, 0.1) is 9.39 Å². The highest BCUT2D eigenvalue weighted by molar-refractivity contribution is 14.1. The number of aromatic nitrogens is 2. The molecule has 3 nitrogen and oxygen atoms in total. The maximum atomic E-state index is 13.2. The third kappa shape index (κ3) is 3.17. The van der Waals surface area contributed by atoms with Gasteiger partial charge in [-0.2, -0.15) is 5.10 Å². The molecule has 1 heterocycles. The lowest BCUT2D eigenvalue weighted by Crippen LogP contribution is -2.25. The number of nitrogens with one attached hydrogen (secondary N) is 1. The van der Waals surface area contributed by atoms with Gasteiger partial charge in [-0.3, -0.25) is 4.68 Å². The third-order valence-corrected chi connectivity index (χ3v) is 4.44. The van der Waals surface area contributed by atoms with Gasteiger partial charge in [-0.1, -0.05) is 13.0 Å². The minimum absolute atomic E-state index is 0.0145. The zero-order valence-electron chi connectivity index (χ0n) is 10.6. The summed E-state index contributed by atoms with van der Waals surface area (Å²) >= 11 is 5.69. The van der Waals surface area contributed by atoms with Crippen molar-refractivity contribution < 1.29 is 4.39 Å². The molecule has 2 rings (SSSR count). The summed E-state index contributed by atoms with van der Waals surface area (Å²) in [6.07, 6.45) is 1.77. The second-order valence-corrected chi connectivity index (χ2v) is 6.17. The van der Waals surface area contributed by atoms with Gasteiger partial charge in [0.2, 0.25) is 0 Å². The highest BCUT2D eigenvalue weighted by Gasteiger charge is 2.22. The maximum Gasteiger partial charge on any atom is 0.124 e.